The third kappa shape index (κ3) is 2.94. The second kappa shape index (κ2) is 5.69. The summed E-state index contributed by atoms with van der Waals surface area (Å²) in [6, 6.07) is 3.08. The van der Waals surface area contributed by atoms with Crippen molar-refractivity contribution in [1.29, 1.82) is 0 Å². The van der Waals surface area contributed by atoms with Crippen LogP contribution in [0.5, 0.6) is 0 Å². The van der Waals surface area contributed by atoms with Crippen LogP contribution >= 0.6 is 0 Å². The van der Waals surface area contributed by atoms with E-state index in [4.69, 9.17) is 10.3 Å². The lowest BCUT2D eigenvalue weighted by atomic mass is 10.3. The molecule has 3 rings (SSSR count). The molecule has 10 heteroatoms. The summed E-state index contributed by atoms with van der Waals surface area (Å²) in [4.78, 5) is 43.9. The molecule has 0 amide bonds. The Balaban J connectivity index is 0.000000161. The normalized spacial score (nSPS) is 9.90. The molecule has 0 atom stereocenters. The Morgan fingerprint density at radius 1 is 1.33 bits per heavy atom. The van der Waals surface area contributed by atoms with Crippen LogP contribution in [0.15, 0.2) is 40.4 Å². The number of rotatable bonds is 1. The number of pyridine rings is 1. The number of H-pyrrole nitrogens is 2. The second-order valence-corrected chi connectivity index (χ2v) is 3.72. The summed E-state index contributed by atoms with van der Waals surface area (Å²) < 4.78 is -0.0134. The maximum atomic E-state index is 11.0. The van der Waals surface area contributed by atoms with Crippen LogP contribution in [-0.4, -0.2) is 40.9 Å². The SMILES string of the molecule is O=C(O)c1cccnc1.O=c1[nH]c2nc[nH]c2c(=O)n1O. The number of aromatic amines is 2. The minimum absolute atomic E-state index is 0.0134. The zero-order valence-corrected chi connectivity index (χ0v) is 10.3. The van der Waals surface area contributed by atoms with Crippen molar-refractivity contribution in [3.8, 4) is 0 Å². The Kier molecular flexibility index (Phi) is 3.79. The molecule has 3 aromatic heterocycles. The summed E-state index contributed by atoms with van der Waals surface area (Å²) in [7, 11) is 0. The quantitative estimate of drug-likeness (QED) is 0.437. The van der Waals surface area contributed by atoms with E-state index in [-0.39, 0.29) is 21.5 Å². The molecule has 0 radical (unpaired) electrons. The van der Waals surface area contributed by atoms with Crippen molar-refractivity contribution in [2.75, 3.05) is 0 Å². The molecule has 3 aromatic rings. The van der Waals surface area contributed by atoms with E-state index in [1.807, 2.05) is 0 Å². The molecule has 0 aromatic carbocycles. The Hall–Kier alpha value is -3.43. The maximum absolute atomic E-state index is 11.0. The first-order chi connectivity index (χ1) is 10.0. The fraction of sp³-hybridized carbons (Fsp3) is 0. The smallest absolute Gasteiger partial charge is 0.363 e. The number of nitrogens with zero attached hydrogens (tertiary/aromatic N) is 3. The molecule has 21 heavy (non-hydrogen) atoms. The first-order valence-electron chi connectivity index (χ1n) is 5.51. The molecule has 0 saturated carbocycles. The van der Waals surface area contributed by atoms with Crippen LogP contribution in [0.2, 0.25) is 0 Å². The molecule has 4 N–H and O–H groups in total. The topological polar surface area (TPSA) is 154 Å². The van der Waals surface area contributed by atoms with Gasteiger partial charge < -0.3 is 15.3 Å². The van der Waals surface area contributed by atoms with Gasteiger partial charge in [-0.15, -0.1) is 0 Å². The predicted octanol–water partition coefficient (Wildman–Crippen LogP) is -0.570. The lowest BCUT2D eigenvalue weighted by molar-refractivity contribution is 0.0696. The van der Waals surface area contributed by atoms with Gasteiger partial charge in [0.1, 0.15) is 0 Å². The molecule has 0 aliphatic rings. The number of carboxylic acid groups (broad SMARTS) is 1. The average Bonchev–Trinajstić information content (AvgIpc) is 2.95. The van der Waals surface area contributed by atoms with Crippen molar-refractivity contribution in [3.63, 3.8) is 0 Å². The van der Waals surface area contributed by atoms with Crippen molar-refractivity contribution in [2.24, 2.45) is 0 Å². The van der Waals surface area contributed by atoms with Crippen LogP contribution in [0.3, 0.4) is 0 Å². The van der Waals surface area contributed by atoms with E-state index in [9.17, 15) is 14.4 Å². The van der Waals surface area contributed by atoms with E-state index in [2.05, 4.69) is 19.9 Å². The number of carboxylic acids is 1. The van der Waals surface area contributed by atoms with Gasteiger partial charge in [-0.2, -0.15) is 0 Å². The van der Waals surface area contributed by atoms with Crippen molar-refractivity contribution in [1.82, 2.24) is 24.7 Å². The van der Waals surface area contributed by atoms with Gasteiger partial charge in [0.25, 0.3) is 0 Å². The molecule has 0 aliphatic carbocycles. The van der Waals surface area contributed by atoms with E-state index >= 15 is 0 Å². The summed E-state index contributed by atoms with van der Waals surface area (Å²) >= 11 is 0. The number of fused-ring (bicyclic) bond motifs is 1. The fourth-order valence-corrected chi connectivity index (χ4v) is 1.39. The Labute approximate surface area is 115 Å². The second-order valence-electron chi connectivity index (χ2n) is 3.72. The standard InChI is InChI=1S/C6H5NO2.C5H4N4O3/c8-6(9)5-2-1-3-7-4-5;10-4-2-3(7-1-6-2)8-5(11)9(4)12/h1-4H,(H,8,9);1,12H,(H,6,7)(H,8,11). The van der Waals surface area contributed by atoms with Crippen LogP contribution < -0.4 is 11.2 Å². The maximum Gasteiger partial charge on any atom is 0.363 e. The first kappa shape index (κ1) is 14.0. The summed E-state index contributed by atoms with van der Waals surface area (Å²) in [5, 5.41) is 17.2. The van der Waals surface area contributed by atoms with E-state index in [1.165, 1.54) is 24.8 Å². The highest BCUT2D eigenvalue weighted by Crippen LogP contribution is 1.94. The minimum Gasteiger partial charge on any atom is -0.478 e. The van der Waals surface area contributed by atoms with Crippen LogP contribution in [0.4, 0.5) is 0 Å². The van der Waals surface area contributed by atoms with Crippen LogP contribution in [0.1, 0.15) is 10.4 Å². The van der Waals surface area contributed by atoms with E-state index < -0.39 is 17.2 Å². The fourth-order valence-electron chi connectivity index (χ4n) is 1.39. The molecule has 0 unspecified atom stereocenters. The van der Waals surface area contributed by atoms with Gasteiger partial charge in [0.2, 0.25) is 0 Å². The molecular weight excluding hydrogens is 282 g/mol. The van der Waals surface area contributed by atoms with Gasteiger partial charge in [-0.3, -0.25) is 14.8 Å². The molecule has 0 fully saturated rings. The van der Waals surface area contributed by atoms with Gasteiger partial charge in [0.05, 0.1) is 11.9 Å². The minimum atomic E-state index is -0.942. The van der Waals surface area contributed by atoms with E-state index in [0.717, 1.165) is 0 Å². The van der Waals surface area contributed by atoms with Crippen LogP contribution in [-0.2, 0) is 0 Å². The van der Waals surface area contributed by atoms with E-state index in [0.29, 0.717) is 0 Å². The summed E-state index contributed by atoms with van der Waals surface area (Å²) in [5.74, 6) is -0.942. The van der Waals surface area contributed by atoms with E-state index in [1.54, 1.807) is 6.07 Å². The molecule has 0 saturated heterocycles. The highest BCUT2D eigenvalue weighted by molar-refractivity contribution is 5.86. The zero-order chi connectivity index (χ0) is 15.4. The monoisotopic (exact) mass is 291 g/mol. The van der Waals surface area contributed by atoms with Gasteiger partial charge in [-0.25, -0.2) is 14.6 Å². The molecule has 3 heterocycles. The Bertz CT molecular complexity index is 879. The molecular formula is C11H9N5O5. The van der Waals surface area contributed by atoms with Gasteiger partial charge in [0, 0.05) is 12.4 Å². The molecule has 0 bridgehead atoms. The third-order valence-corrected chi connectivity index (χ3v) is 2.37. The van der Waals surface area contributed by atoms with Crippen molar-refractivity contribution >= 4 is 17.1 Å². The van der Waals surface area contributed by atoms with Gasteiger partial charge in [0.15, 0.2) is 11.2 Å². The largest absolute Gasteiger partial charge is 0.478 e. The molecule has 10 nitrogen and oxygen atoms in total. The summed E-state index contributed by atoms with van der Waals surface area (Å²) in [6.07, 6.45) is 4.09. The van der Waals surface area contributed by atoms with Crippen LogP contribution in [0, 0.1) is 0 Å². The predicted molar refractivity (Wildman–Crippen MR) is 69.4 cm³/mol. The average molecular weight is 291 g/mol. The number of hydrogen-bond donors (Lipinski definition) is 4. The Morgan fingerprint density at radius 3 is 2.67 bits per heavy atom. The van der Waals surface area contributed by atoms with Crippen molar-refractivity contribution in [2.45, 2.75) is 0 Å². The summed E-state index contributed by atoms with van der Waals surface area (Å²) in [5.41, 5.74) is -1.30. The highest BCUT2D eigenvalue weighted by Gasteiger charge is 2.06. The van der Waals surface area contributed by atoms with Crippen molar-refractivity contribution in [3.05, 3.63) is 57.3 Å². The first-order valence-corrected chi connectivity index (χ1v) is 5.51. The van der Waals surface area contributed by atoms with Gasteiger partial charge in [-0.1, -0.05) is 4.73 Å². The highest BCUT2D eigenvalue weighted by atomic mass is 16.5. The number of nitrogens with one attached hydrogen (secondary N) is 2. The zero-order valence-electron chi connectivity index (χ0n) is 10.3. The lowest BCUT2D eigenvalue weighted by Gasteiger charge is -1.91. The molecule has 0 aliphatic heterocycles. The number of hydrogen-bond acceptors (Lipinski definition) is 6. The number of imidazole rings is 1. The lowest BCUT2D eigenvalue weighted by Crippen LogP contribution is -2.33. The van der Waals surface area contributed by atoms with Crippen molar-refractivity contribution < 1.29 is 15.1 Å². The summed E-state index contributed by atoms with van der Waals surface area (Å²) in [6.45, 7) is 0. The number of carbonyl (C=O) groups is 1. The number of aromatic nitrogens is 5. The molecule has 0 spiro atoms. The van der Waals surface area contributed by atoms with Crippen LogP contribution in [0.25, 0.3) is 11.2 Å². The van der Waals surface area contributed by atoms with Gasteiger partial charge >= 0.3 is 17.2 Å². The number of aromatic carboxylic acids is 1. The molecule has 108 valence electrons. The van der Waals surface area contributed by atoms with Gasteiger partial charge in [-0.05, 0) is 12.1 Å². The third-order valence-electron chi connectivity index (χ3n) is 2.37. The Morgan fingerprint density at radius 2 is 2.10 bits per heavy atom.